The number of hydrogen-bond donors (Lipinski definition) is 0. The zero-order chi connectivity index (χ0) is 20.4. The van der Waals surface area contributed by atoms with Gasteiger partial charge in [0.1, 0.15) is 0 Å². The van der Waals surface area contributed by atoms with Crippen LogP contribution < -0.4 is 4.90 Å². The Morgan fingerprint density at radius 3 is 2.62 bits per heavy atom. The molecule has 0 fully saturated rings. The number of amides is 1. The molecule has 5 heteroatoms. The number of carbonyl (C=O) groups excluding carboxylic acids is 1. The van der Waals surface area contributed by atoms with Crippen LogP contribution in [0.3, 0.4) is 0 Å². The molecule has 148 valence electrons. The molecule has 0 spiro atoms. The molecular weight excluding hydrogens is 378 g/mol. The van der Waals surface area contributed by atoms with E-state index >= 15 is 0 Å². The van der Waals surface area contributed by atoms with Crippen molar-refractivity contribution in [2.75, 3.05) is 32.1 Å². The Balaban J connectivity index is 1.67. The number of aromatic nitrogens is 1. The fourth-order valence-electron chi connectivity index (χ4n) is 3.47. The van der Waals surface area contributed by atoms with Crippen molar-refractivity contribution in [3.8, 4) is 0 Å². The van der Waals surface area contributed by atoms with E-state index in [1.165, 1.54) is 5.56 Å². The lowest BCUT2D eigenvalue weighted by molar-refractivity contribution is -0.118. The number of hydrogen-bond acceptors (Lipinski definition) is 4. The third-order valence-electron chi connectivity index (χ3n) is 5.06. The largest absolute Gasteiger partial charge is 0.308 e. The van der Waals surface area contributed by atoms with E-state index in [2.05, 4.69) is 42.2 Å². The van der Waals surface area contributed by atoms with Gasteiger partial charge in [-0.05, 0) is 55.1 Å². The van der Waals surface area contributed by atoms with Crippen LogP contribution in [-0.2, 0) is 11.2 Å². The molecule has 0 bridgehead atoms. The van der Waals surface area contributed by atoms with Crippen molar-refractivity contribution in [1.29, 1.82) is 0 Å². The van der Waals surface area contributed by atoms with Gasteiger partial charge in [-0.2, -0.15) is 0 Å². The van der Waals surface area contributed by atoms with Gasteiger partial charge in [0, 0.05) is 13.1 Å². The van der Waals surface area contributed by atoms with Gasteiger partial charge in [-0.3, -0.25) is 9.69 Å². The summed E-state index contributed by atoms with van der Waals surface area (Å²) in [4.78, 5) is 22.1. The van der Waals surface area contributed by atoms with Crippen molar-refractivity contribution in [1.82, 2.24) is 9.88 Å². The third kappa shape index (κ3) is 4.31. The number of likely N-dealkylation sites (N-methyl/N-ethyl adjacent to an activating group) is 1. The van der Waals surface area contributed by atoms with Crippen LogP contribution >= 0.6 is 11.3 Å². The Bertz CT molecular complexity index is 1160. The van der Waals surface area contributed by atoms with Crippen molar-refractivity contribution in [3.05, 3.63) is 71.8 Å². The number of carbonyl (C=O) groups is 1. The topological polar surface area (TPSA) is 36.4 Å². The lowest BCUT2D eigenvalue weighted by atomic mass is 10.0. The number of anilines is 1. The van der Waals surface area contributed by atoms with Gasteiger partial charge in [-0.15, -0.1) is 0 Å². The summed E-state index contributed by atoms with van der Waals surface area (Å²) in [6.07, 6.45) is 0.365. The van der Waals surface area contributed by atoms with Gasteiger partial charge in [0.25, 0.3) is 0 Å². The SMILES string of the molecule is Cc1ccc2nc(N(CCN(C)C)C(=O)Cc3cccc4ccccc34)sc2c1. The van der Waals surface area contributed by atoms with Gasteiger partial charge in [-0.25, -0.2) is 4.98 Å². The van der Waals surface area contributed by atoms with Gasteiger partial charge >= 0.3 is 0 Å². The third-order valence-corrected chi connectivity index (χ3v) is 6.10. The van der Waals surface area contributed by atoms with Crippen molar-refractivity contribution in [3.63, 3.8) is 0 Å². The molecule has 0 aliphatic heterocycles. The van der Waals surface area contributed by atoms with Crippen LogP contribution in [-0.4, -0.2) is 43.0 Å². The number of aryl methyl sites for hydroxylation is 1. The van der Waals surface area contributed by atoms with E-state index in [4.69, 9.17) is 4.98 Å². The quantitative estimate of drug-likeness (QED) is 0.460. The normalized spacial score (nSPS) is 11.4. The van der Waals surface area contributed by atoms with Gasteiger partial charge in [0.15, 0.2) is 5.13 Å². The molecule has 4 rings (SSSR count). The minimum absolute atomic E-state index is 0.0824. The fraction of sp³-hybridized carbons (Fsp3) is 0.250. The summed E-state index contributed by atoms with van der Waals surface area (Å²) in [5.41, 5.74) is 3.21. The van der Waals surface area contributed by atoms with Gasteiger partial charge in [0.05, 0.1) is 16.6 Å². The first-order valence-electron chi connectivity index (χ1n) is 9.80. The molecule has 29 heavy (non-hydrogen) atoms. The zero-order valence-electron chi connectivity index (χ0n) is 17.1. The second kappa shape index (κ2) is 8.31. The molecule has 4 aromatic rings. The van der Waals surface area contributed by atoms with Gasteiger partial charge in [0.2, 0.25) is 5.91 Å². The summed E-state index contributed by atoms with van der Waals surface area (Å²) < 4.78 is 1.12. The average molecular weight is 404 g/mol. The predicted octanol–water partition coefficient (Wildman–Crippen LogP) is 4.90. The molecule has 0 unspecified atom stereocenters. The lowest BCUT2D eigenvalue weighted by Crippen LogP contribution is -2.37. The van der Waals surface area contributed by atoms with E-state index in [9.17, 15) is 4.79 Å². The van der Waals surface area contributed by atoms with E-state index in [0.29, 0.717) is 13.0 Å². The summed E-state index contributed by atoms with van der Waals surface area (Å²) in [5.74, 6) is 0.0824. The smallest absolute Gasteiger partial charge is 0.233 e. The maximum atomic E-state index is 13.4. The van der Waals surface area contributed by atoms with Crippen molar-refractivity contribution in [2.45, 2.75) is 13.3 Å². The van der Waals surface area contributed by atoms with Crippen LogP contribution in [0.25, 0.3) is 21.0 Å². The van der Waals surface area contributed by atoms with Crippen LogP contribution in [0.1, 0.15) is 11.1 Å². The van der Waals surface area contributed by atoms with Gasteiger partial charge < -0.3 is 4.90 Å². The first kappa shape index (κ1) is 19.6. The van der Waals surface area contributed by atoms with Crippen molar-refractivity contribution in [2.24, 2.45) is 0 Å². The van der Waals surface area contributed by atoms with Crippen molar-refractivity contribution >= 4 is 43.4 Å². The average Bonchev–Trinajstić information content (AvgIpc) is 3.11. The molecule has 0 aliphatic rings. The van der Waals surface area contributed by atoms with Crippen LogP contribution in [0.2, 0.25) is 0 Å². The molecule has 1 heterocycles. The Labute approximate surface area is 175 Å². The highest BCUT2D eigenvalue weighted by Crippen LogP contribution is 2.30. The molecule has 0 saturated heterocycles. The maximum Gasteiger partial charge on any atom is 0.233 e. The second-order valence-corrected chi connectivity index (χ2v) is 8.64. The molecule has 3 aromatic carbocycles. The zero-order valence-corrected chi connectivity index (χ0v) is 17.9. The Morgan fingerprint density at radius 1 is 1.00 bits per heavy atom. The molecule has 0 aliphatic carbocycles. The number of nitrogens with zero attached hydrogens (tertiary/aromatic N) is 3. The monoisotopic (exact) mass is 403 g/mol. The highest BCUT2D eigenvalue weighted by atomic mass is 32.1. The lowest BCUT2D eigenvalue weighted by Gasteiger charge is -2.22. The van der Waals surface area contributed by atoms with Crippen molar-refractivity contribution < 1.29 is 4.79 Å². The molecule has 4 nitrogen and oxygen atoms in total. The molecule has 1 aromatic heterocycles. The highest BCUT2D eigenvalue weighted by molar-refractivity contribution is 7.22. The van der Waals surface area contributed by atoms with Crippen LogP contribution in [0.5, 0.6) is 0 Å². The first-order chi connectivity index (χ1) is 14.0. The molecular formula is C24H25N3OS. The number of rotatable bonds is 6. The summed E-state index contributed by atoms with van der Waals surface area (Å²) in [5, 5.41) is 3.07. The maximum absolute atomic E-state index is 13.4. The van der Waals surface area contributed by atoms with E-state index in [0.717, 1.165) is 38.2 Å². The summed E-state index contributed by atoms with van der Waals surface area (Å²) in [6.45, 7) is 3.49. The van der Waals surface area contributed by atoms with E-state index in [-0.39, 0.29) is 5.91 Å². The number of thiazole rings is 1. The minimum atomic E-state index is 0.0824. The Hall–Kier alpha value is -2.76. The summed E-state index contributed by atoms with van der Waals surface area (Å²) in [6, 6.07) is 20.6. The molecule has 0 radical (unpaired) electrons. The van der Waals surface area contributed by atoms with Crippen LogP contribution in [0.4, 0.5) is 5.13 Å². The first-order valence-corrected chi connectivity index (χ1v) is 10.6. The fourth-order valence-corrected chi connectivity index (χ4v) is 4.57. The van der Waals surface area contributed by atoms with Crippen LogP contribution in [0, 0.1) is 6.92 Å². The molecule has 0 N–H and O–H groups in total. The minimum Gasteiger partial charge on any atom is -0.308 e. The standard InChI is InChI=1S/C24H25N3OS/c1-17-11-12-21-22(15-17)29-24(25-21)27(14-13-26(2)3)23(28)16-19-9-6-8-18-7-4-5-10-20(18)19/h4-12,15H,13-14,16H2,1-3H3. The number of fused-ring (bicyclic) bond motifs is 2. The highest BCUT2D eigenvalue weighted by Gasteiger charge is 2.21. The summed E-state index contributed by atoms with van der Waals surface area (Å²) >= 11 is 1.59. The van der Waals surface area contributed by atoms with E-state index in [1.807, 2.05) is 49.3 Å². The Morgan fingerprint density at radius 2 is 1.79 bits per heavy atom. The van der Waals surface area contributed by atoms with E-state index in [1.54, 1.807) is 11.3 Å². The number of benzene rings is 3. The van der Waals surface area contributed by atoms with Crippen LogP contribution in [0.15, 0.2) is 60.7 Å². The molecule has 0 atom stereocenters. The Kier molecular flexibility index (Phi) is 5.60. The molecule has 1 amide bonds. The summed E-state index contributed by atoms with van der Waals surface area (Å²) in [7, 11) is 4.05. The molecule has 0 saturated carbocycles. The second-order valence-electron chi connectivity index (χ2n) is 7.63. The van der Waals surface area contributed by atoms with E-state index < -0.39 is 0 Å². The predicted molar refractivity (Wildman–Crippen MR) is 123 cm³/mol. The van der Waals surface area contributed by atoms with Gasteiger partial charge in [-0.1, -0.05) is 59.9 Å².